The minimum Gasteiger partial charge on any atom is -0.481 e. The highest BCUT2D eigenvalue weighted by atomic mass is 16.7. The van der Waals surface area contributed by atoms with Crippen molar-refractivity contribution in [2.75, 3.05) is 13.8 Å². The molecule has 1 aromatic rings. The van der Waals surface area contributed by atoms with Crippen LogP contribution in [0.4, 0.5) is 0 Å². The molecule has 2 N–H and O–H groups in total. The lowest BCUT2D eigenvalue weighted by molar-refractivity contribution is -0.137. The number of aliphatic carboxylic acids is 1. The van der Waals surface area contributed by atoms with Gasteiger partial charge in [0.05, 0.1) is 6.04 Å². The molecule has 0 bridgehead atoms. The van der Waals surface area contributed by atoms with E-state index in [9.17, 15) is 9.59 Å². The number of carbonyl (C=O) groups excluding carboxylic acids is 1. The first-order chi connectivity index (χ1) is 9.11. The van der Waals surface area contributed by atoms with Crippen LogP contribution in [-0.2, 0) is 4.79 Å². The van der Waals surface area contributed by atoms with Gasteiger partial charge in [0.15, 0.2) is 17.3 Å². The average molecular weight is 265 g/mol. The Labute approximate surface area is 110 Å². The number of rotatable bonds is 6. The number of hydrogen-bond acceptors (Lipinski definition) is 5. The molecule has 0 saturated heterocycles. The Balaban J connectivity index is 2.11. The summed E-state index contributed by atoms with van der Waals surface area (Å²) in [6, 6.07) is 4.44. The smallest absolute Gasteiger partial charge is 0.303 e. The van der Waals surface area contributed by atoms with Gasteiger partial charge in [0.25, 0.3) is 0 Å². The van der Waals surface area contributed by atoms with E-state index < -0.39 is 12.0 Å². The van der Waals surface area contributed by atoms with E-state index in [-0.39, 0.29) is 25.4 Å². The van der Waals surface area contributed by atoms with Crippen LogP contribution in [0, 0.1) is 0 Å². The number of carboxylic acid groups (broad SMARTS) is 1. The van der Waals surface area contributed by atoms with Gasteiger partial charge in [-0.25, -0.2) is 0 Å². The Morgan fingerprint density at radius 2 is 2.11 bits per heavy atom. The summed E-state index contributed by atoms with van der Waals surface area (Å²) in [5.74, 6) is 0.0859. The average Bonchev–Trinajstić information content (AvgIpc) is 2.85. The van der Waals surface area contributed by atoms with E-state index in [4.69, 9.17) is 14.6 Å². The van der Waals surface area contributed by atoms with Gasteiger partial charge >= 0.3 is 5.97 Å². The minimum absolute atomic E-state index is 0.0538. The van der Waals surface area contributed by atoms with Crippen LogP contribution < -0.4 is 14.8 Å². The molecule has 1 aliphatic heterocycles. The fourth-order valence-electron chi connectivity index (χ4n) is 1.93. The van der Waals surface area contributed by atoms with Crippen molar-refractivity contribution in [3.63, 3.8) is 0 Å². The van der Waals surface area contributed by atoms with E-state index in [1.807, 2.05) is 0 Å². The van der Waals surface area contributed by atoms with Crippen molar-refractivity contribution < 1.29 is 24.2 Å². The number of benzene rings is 1. The molecule has 6 heteroatoms. The highest BCUT2D eigenvalue weighted by molar-refractivity contribution is 6.00. The predicted octanol–water partition coefficient (Wildman–Crippen LogP) is 1.05. The lowest BCUT2D eigenvalue weighted by Crippen LogP contribution is -2.34. The normalized spacial score (nSPS) is 14.2. The summed E-state index contributed by atoms with van der Waals surface area (Å²) < 4.78 is 10.4. The monoisotopic (exact) mass is 265 g/mol. The van der Waals surface area contributed by atoms with Crippen molar-refractivity contribution in [3.8, 4) is 11.5 Å². The third-order valence-electron chi connectivity index (χ3n) is 2.97. The summed E-state index contributed by atoms with van der Waals surface area (Å²) in [6.07, 6.45) is 0.195. The van der Waals surface area contributed by atoms with E-state index >= 15 is 0 Å². The standard InChI is InChI=1S/C13H15NO5/c1-14-9(3-5-12(15)16)13(17)8-2-4-10-11(6-8)19-7-18-10/h2,4,6,9,14H,3,5,7H2,1H3,(H,15,16). The van der Waals surface area contributed by atoms with Crippen LogP contribution in [0.3, 0.4) is 0 Å². The summed E-state index contributed by atoms with van der Waals surface area (Å²) in [6.45, 7) is 0.154. The third-order valence-corrected chi connectivity index (χ3v) is 2.97. The predicted molar refractivity (Wildman–Crippen MR) is 66.6 cm³/mol. The first-order valence-electron chi connectivity index (χ1n) is 5.94. The molecule has 0 saturated carbocycles. The second-order valence-corrected chi connectivity index (χ2v) is 4.21. The molecule has 0 aliphatic carbocycles. The number of carbonyl (C=O) groups is 2. The summed E-state index contributed by atoms with van der Waals surface area (Å²) >= 11 is 0. The topological polar surface area (TPSA) is 84.9 Å². The van der Waals surface area contributed by atoms with Gasteiger partial charge in [-0.1, -0.05) is 0 Å². The van der Waals surface area contributed by atoms with Crippen LogP contribution in [0.15, 0.2) is 18.2 Å². The zero-order valence-electron chi connectivity index (χ0n) is 10.5. The Kier molecular flexibility index (Phi) is 4.01. The Hall–Kier alpha value is -2.08. The van der Waals surface area contributed by atoms with Gasteiger partial charge in [0, 0.05) is 12.0 Å². The van der Waals surface area contributed by atoms with Gasteiger partial charge in [-0.05, 0) is 31.7 Å². The maximum Gasteiger partial charge on any atom is 0.303 e. The van der Waals surface area contributed by atoms with Crippen LogP contribution in [0.5, 0.6) is 11.5 Å². The first kappa shape index (κ1) is 13.4. The zero-order valence-corrected chi connectivity index (χ0v) is 10.5. The van der Waals surface area contributed by atoms with E-state index in [0.29, 0.717) is 17.1 Å². The van der Waals surface area contributed by atoms with E-state index in [1.165, 1.54) is 0 Å². The number of hydrogen-bond donors (Lipinski definition) is 2. The second-order valence-electron chi connectivity index (χ2n) is 4.21. The molecule has 0 spiro atoms. The van der Waals surface area contributed by atoms with E-state index in [1.54, 1.807) is 25.2 Å². The van der Waals surface area contributed by atoms with Gasteiger partial charge in [0.1, 0.15) is 0 Å². The van der Waals surface area contributed by atoms with Crippen molar-refractivity contribution in [2.24, 2.45) is 0 Å². The van der Waals surface area contributed by atoms with Gasteiger partial charge in [0.2, 0.25) is 6.79 Å². The molecular weight excluding hydrogens is 250 g/mol. The van der Waals surface area contributed by atoms with E-state index in [2.05, 4.69) is 5.32 Å². The zero-order chi connectivity index (χ0) is 13.8. The highest BCUT2D eigenvalue weighted by Crippen LogP contribution is 2.32. The summed E-state index contributed by atoms with van der Waals surface area (Å²) in [5, 5.41) is 11.5. The van der Waals surface area contributed by atoms with Crippen LogP contribution in [-0.4, -0.2) is 36.7 Å². The summed E-state index contributed by atoms with van der Waals surface area (Å²) in [7, 11) is 1.64. The highest BCUT2D eigenvalue weighted by Gasteiger charge is 2.22. The number of fused-ring (bicyclic) bond motifs is 1. The number of nitrogens with one attached hydrogen (secondary N) is 1. The maximum absolute atomic E-state index is 12.2. The quantitative estimate of drug-likeness (QED) is 0.748. The SMILES string of the molecule is CNC(CCC(=O)O)C(=O)c1ccc2c(c1)OCO2. The molecule has 0 aromatic heterocycles. The van der Waals surface area contributed by atoms with Crippen molar-refractivity contribution >= 4 is 11.8 Å². The number of ketones is 1. The van der Waals surface area contributed by atoms with E-state index in [0.717, 1.165) is 0 Å². The van der Waals surface area contributed by atoms with Gasteiger partial charge in [-0.3, -0.25) is 9.59 Å². The molecule has 1 aliphatic rings. The van der Waals surface area contributed by atoms with Gasteiger partial charge in [-0.2, -0.15) is 0 Å². The number of Topliss-reactive ketones (excluding diaryl/α,β-unsaturated/α-hetero) is 1. The third kappa shape index (κ3) is 3.03. The van der Waals surface area contributed by atoms with Crippen molar-refractivity contribution in [3.05, 3.63) is 23.8 Å². The largest absolute Gasteiger partial charge is 0.481 e. The van der Waals surface area contributed by atoms with Crippen LogP contribution >= 0.6 is 0 Å². The molecule has 6 nitrogen and oxygen atoms in total. The molecular formula is C13H15NO5. The number of likely N-dealkylation sites (N-methyl/N-ethyl adjacent to an activating group) is 1. The molecule has 102 valence electrons. The molecule has 19 heavy (non-hydrogen) atoms. The van der Waals surface area contributed by atoms with Crippen LogP contribution in [0.1, 0.15) is 23.2 Å². The summed E-state index contributed by atoms with van der Waals surface area (Å²) in [4.78, 5) is 22.8. The molecule has 1 unspecified atom stereocenters. The Morgan fingerprint density at radius 3 is 2.79 bits per heavy atom. The second kappa shape index (κ2) is 5.71. The Bertz CT molecular complexity index is 500. The van der Waals surface area contributed by atoms with Gasteiger partial charge in [-0.15, -0.1) is 0 Å². The number of carboxylic acids is 1. The molecule has 0 amide bonds. The molecule has 2 rings (SSSR count). The van der Waals surface area contributed by atoms with Crippen LogP contribution in [0.2, 0.25) is 0 Å². The molecule has 1 aromatic carbocycles. The van der Waals surface area contributed by atoms with Crippen molar-refractivity contribution in [1.82, 2.24) is 5.32 Å². The van der Waals surface area contributed by atoms with Crippen LogP contribution in [0.25, 0.3) is 0 Å². The summed E-state index contributed by atoms with van der Waals surface area (Å²) in [5.41, 5.74) is 0.481. The molecule has 0 fully saturated rings. The molecule has 1 atom stereocenters. The first-order valence-corrected chi connectivity index (χ1v) is 5.94. The number of ether oxygens (including phenoxy) is 2. The van der Waals surface area contributed by atoms with Crippen molar-refractivity contribution in [1.29, 1.82) is 0 Å². The van der Waals surface area contributed by atoms with Gasteiger partial charge < -0.3 is 19.9 Å². The Morgan fingerprint density at radius 1 is 1.37 bits per heavy atom. The lowest BCUT2D eigenvalue weighted by atomic mass is 10.00. The molecule has 1 heterocycles. The van der Waals surface area contributed by atoms with Crippen molar-refractivity contribution in [2.45, 2.75) is 18.9 Å². The molecule has 0 radical (unpaired) electrons. The minimum atomic E-state index is -0.918. The fourth-order valence-corrected chi connectivity index (χ4v) is 1.93. The fraction of sp³-hybridized carbons (Fsp3) is 0.385. The maximum atomic E-state index is 12.2. The lowest BCUT2D eigenvalue weighted by Gasteiger charge is -2.14.